The van der Waals surface area contributed by atoms with E-state index in [4.69, 9.17) is 16.1 Å². The second-order valence-corrected chi connectivity index (χ2v) is 6.60. The Balaban J connectivity index is 1.64. The van der Waals surface area contributed by atoms with Crippen molar-refractivity contribution in [2.24, 2.45) is 0 Å². The van der Waals surface area contributed by atoms with E-state index in [1.54, 1.807) is 13.0 Å². The zero-order valence-corrected chi connectivity index (χ0v) is 15.6. The number of amides is 1. The van der Waals surface area contributed by atoms with Crippen LogP contribution in [0.15, 0.2) is 53.2 Å². The fraction of sp³-hybridized carbons (Fsp3) is 0.150. The molecule has 7 heteroatoms. The number of rotatable bonds is 4. The lowest BCUT2D eigenvalue weighted by Crippen LogP contribution is -2.24. The Labute approximate surface area is 160 Å². The van der Waals surface area contributed by atoms with E-state index in [1.165, 1.54) is 0 Å². The zero-order valence-electron chi connectivity index (χ0n) is 14.9. The minimum atomic E-state index is -0.269. The number of benzene rings is 1. The predicted octanol–water partition coefficient (Wildman–Crippen LogP) is 4.19. The van der Waals surface area contributed by atoms with Gasteiger partial charge in [0.1, 0.15) is 22.7 Å². The monoisotopic (exact) mass is 380 g/mol. The standard InChI is InChI=1S/C20H17ClN4O2/c1-12-16(25-10-6-5-9-17(25)23-12)11-22-20(26)18-13(2)27-24-19(18)14-7-3-4-8-15(14)21/h3-10H,11H2,1-2H3,(H,22,26). The third kappa shape index (κ3) is 3.08. The van der Waals surface area contributed by atoms with Gasteiger partial charge in [-0.15, -0.1) is 0 Å². The highest BCUT2D eigenvalue weighted by atomic mass is 35.5. The normalized spacial score (nSPS) is 11.1. The summed E-state index contributed by atoms with van der Waals surface area (Å²) >= 11 is 6.26. The summed E-state index contributed by atoms with van der Waals surface area (Å²) in [4.78, 5) is 17.4. The molecule has 0 fully saturated rings. The molecule has 1 N–H and O–H groups in total. The van der Waals surface area contributed by atoms with Gasteiger partial charge in [-0.2, -0.15) is 0 Å². The molecule has 0 aliphatic carbocycles. The first kappa shape index (κ1) is 17.3. The number of nitrogens with one attached hydrogen (secondary N) is 1. The van der Waals surface area contributed by atoms with Gasteiger partial charge in [0.25, 0.3) is 5.91 Å². The molecule has 0 saturated carbocycles. The lowest BCUT2D eigenvalue weighted by molar-refractivity contribution is 0.0949. The number of imidazole rings is 1. The van der Waals surface area contributed by atoms with Crippen LogP contribution in [0.4, 0.5) is 0 Å². The Bertz CT molecular complexity index is 1150. The van der Waals surface area contributed by atoms with Crippen molar-refractivity contribution in [1.29, 1.82) is 0 Å². The molecule has 27 heavy (non-hydrogen) atoms. The van der Waals surface area contributed by atoms with Crippen molar-refractivity contribution < 1.29 is 9.32 Å². The number of carbonyl (C=O) groups excluding carboxylic acids is 1. The first-order valence-corrected chi connectivity index (χ1v) is 8.86. The van der Waals surface area contributed by atoms with E-state index < -0.39 is 0 Å². The lowest BCUT2D eigenvalue weighted by Gasteiger charge is -2.07. The van der Waals surface area contributed by atoms with Crippen LogP contribution in [0.2, 0.25) is 5.02 Å². The number of aromatic nitrogens is 3. The molecule has 0 aliphatic heterocycles. The Morgan fingerprint density at radius 2 is 1.96 bits per heavy atom. The Hall–Kier alpha value is -3.12. The highest BCUT2D eigenvalue weighted by molar-refractivity contribution is 6.33. The largest absolute Gasteiger partial charge is 0.360 e. The fourth-order valence-corrected chi connectivity index (χ4v) is 3.33. The molecule has 0 bridgehead atoms. The Morgan fingerprint density at radius 1 is 1.19 bits per heavy atom. The maximum atomic E-state index is 12.9. The van der Waals surface area contributed by atoms with E-state index in [2.05, 4.69) is 15.5 Å². The lowest BCUT2D eigenvalue weighted by atomic mass is 10.1. The van der Waals surface area contributed by atoms with Crippen LogP contribution in [0.25, 0.3) is 16.9 Å². The molecule has 4 aromatic rings. The number of halogens is 1. The van der Waals surface area contributed by atoms with Gasteiger partial charge in [-0.1, -0.05) is 41.0 Å². The van der Waals surface area contributed by atoms with Crippen LogP contribution in [0.3, 0.4) is 0 Å². The maximum Gasteiger partial charge on any atom is 0.257 e. The molecule has 0 spiro atoms. The van der Waals surface area contributed by atoms with E-state index in [0.29, 0.717) is 34.1 Å². The number of aryl methyl sites for hydroxylation is 2. The Kier molecular flexibility index (Phi) is 4.41. The maximum absolute atomic E-state index is 12.9. The zero-order chi connectivity index (χ0) is 19.0. The van der Waals surface area contributed by atoms with Gasteiger partial charge >= 0.3 is 0 Å². The van der Waals surface area contributed by atoms with E-state index in [9.17, 15) is 4.79 Å². The molecular formula is C20H17ClN4O2. The summed E-state index contributed by atoms with van der Waals surface area (Å²) in [5.41, 5.74) is 4.12. The van der Waals surface area contributed by atoms with Gasteiger partial charge in [0.05, 0.1) is 23.0 Å². The number of nitrogens with zero attached hydrogens (tertiary/aromatic N) is 3. The van der Waals surface area contributed by atoms with Crippen molar-refractivity contribution >= 4 is 23.2 Å². The second kappa shape index (κ2) is 6.89. The number of hydrogen-bond donors (Lipinski definition) is 1. The number of hydrogen-bond acceptors (Lipinski definition) is 4. The van der Waals surface area contributed by atoms with Crippen LogP contribution in [0.5, 0.6) is 0 Å². The highest BCUT2D eigenvalue weighted by Crippen LogP contribution is 2.31. The van der Waals surface area contributed by atoms with E-state index in [0.717, 1.165) is 17.0 Å². The number of carbonyl (C=O) groups is 1. The van der Waals surface area contributed by atoms with E-state index in [1.807, 2.05) is 53.9 Å². The van der Waals surface area contributed by atoms with E-state index >= 15 is 0 Å². The number of fused-ring (bicyclic) bond motifs is 1. The molecule has 3 heterocycles. The first-order chi connectivity index (χ1) is 13.1. The molecular weight excluding hydrogens is 364 g/mol. The topological polar surface area (TPSA) is 72.4 Å². The molecule has 136 valence electrons. The predicted molar refractivity (Wildman–Crippen MR) is 103 cm³/mol. The van der Waals surface area contributed by atoms with Gasteiger partial charge in [0.15, 0.2) is 0 Å². The van der Waals surface area contributed by atoms with Gasteiger partial charge in [-0.3, -0.25) is 4.79 Å². The summed E-state index contributed by atoms with van der Waals surface area (Å²) in [5, 5.41) is 7.50. The summed E-state index contributed by atoms with van der Waals surface area (Å²) in [6.07, 6.45) is 1.93. The minimum Gasteiger partial charge on any atom is -0.360 e. The minimum absolute atomic E-state index is 0.269. The third-order valence-electron chi connectivity index (χ3n) is 4.46. The third-order valence-corrected chi connectivity index (χ3v) is 4.79. The Morgan fingerprint density at radius 3 is 2.78 bits per heavy atom. The molecule has 6 nitrogen and oxygen atoms in total. The van der Waals surface area contributed by atoms with Crippen molar-refractivity contribution in [2.45, 2.75) is 20.4 Å². The highest BCUT2D eigenvalue weighted by Gasteiger charge is 2.23. The van der Waals surface area contributed by atoms with Crippen molar-refractivity contribution in [3.8, 4) is 11.3 Å². The summed E-state index contributed by atoms with van der Waals surface area (Å²) in [5.74, 6) is 0.172. The molecule has 3 aromatic heterocycles. The molecule has 0 radical (unpaired) electrons. The molecule has 0 saturated heterocycles. The SMILES string of the molecule is Cc1nc2ccccn2c1CNC(=O)c1c(-c2ccccc2Cl)noc1C. The van der Waals surface area contributed by atoms with Crippen molar-refractivity contribution in [3.63, 3.8) is 0 Å². The van der Waals surface area contributed by atoms with Crippen molar-refractivity contribution in [3.05, 3.63) is 76.4 Å². The molecule has 1 aromatic carbocycles. The summed E-state index contributed by atoms with van der Waals surface area (Å²) < 4.78 is 7.23. The molecule has 4 rings (SSSR count). The summed E-state index contributed by atoms with van der Waals surface area (Å²) in [7, 11) is 0. The average Bonchev–Trinajstić information content (AvgIpc) is 3.19. The van der Waals surface area contributed by atoms with E-state index in [-0.39, 0.29) is 5.91 Å². The van der Waals surface area contributed by atoms with Crippen LogP contribution >= 0.6 is 11.6 Å². The second-order valence-electron chi connectivity index (χ2n) is 6.20. The number of pyridine rings is 1. The van der Waals surface area contributed by atoms with Crippen LogP contribution < -0.4 is 5.32 Å². The van der Waals surface area contributed by atoms with Crippen LogP contribution in [-0.4, -0.2) is 20.4 Å². The van der Waals surface area contributed by atoms with Gasteiger partial charge in [-0.25, -0.2) is 4.98 Å². The van der Waals surface area contributed by atoms with Gasteiger partial charge in [0, 0.05) is 11.8 Å². The quantitative estimate of drug-likeness (QED) is 0.576. The summed E-state index contributed by atoms with van der Waals surface area (Å²) in [6, 6.07) is 13.0. The van der Waals surface area contributed by atoms with Crippen molar-refractivity contribution in [1.82, 2.24) is 19.9 Å². The molecule has 0 aliphatic rings. The van der Waals surface area contributed by atoms with Crippen LogP contribution in [0, 0.1) is 13.8 Å². The fourth-order valence-electron chi connectivity index (χ4n) is 3.11. The summed E-state index contributed by atoms with van der Waals surface area (Å²) in [6.45, 7) is 3.97. The van der Waals surface area contributed by atoms with Gasteiger partial charge < -0.3 is 14.2 Å². The van der Waals surface area contributed by atoms with Gasteiger partial charge in [0.2, 0.25) is 0 Å². The van der Waals surface area contributed by atoms with Gasteiger partial charge in [-0.05, 0) is 32.0 Å². The smallest absolute Gasteiger partial charge is 0.257 e. The average molecular weight is 381 g/mol. The van der Waals surface area contributed by atoms with Crippen LogP contribution in [-0.2, 0) is 6.54 Å². The molecule has 1 amide bonds. The molecule has 0 unspecified atom stereocenters. The first-order valence-electron chi connectivity index (χ1n) is 8.48. The molecule has 0 atom stereocenters. The van der Waals surface area contributed by atoms with Crippen LogP contribution in [0.1, 0.15) is 27.5 Å². The van der Waals surface area contributed by atoms with Crippen molar-refractivity contribution in [2.75, 3.05) is 0 Å².